The summed E-state index contributed by atoms with van der Waals surface area (Å²) in [4.78, 5) is 13.7. The van der Waals surface area contributed by atoms with Gasteiger partial charge in [-0.25, -0.2) is 4.79 Å². The summed E-state index contributed by atoms with van der Waals surface area (Å²) >= 11 is 0. The lowest BCUT2D eigenvalue weighted by Crippen LogP contribution is -2.12. The monoisotopic (exact) mass is 247 g/mol. The van der Waals surface area contributed by atoms with Crippen LogP contribution in [0.4, 0.5) is 0 Å². The maximum absolute atomic E-state index is 11.6. The van der Waals surface area contributed by atoms with Gasteiger partial charge in [-0.2, -0.15) is 0 Å². The molecular formula is C14H17NO3. The summed E-state index contributed by atoms with van der Waals surface area (Å²) < 4.78 is 10.6. The van der Waals surface area contributed by atoms with E-state index in [1.54, 1.807) is 14.0 Å². The van der Waals surface area contributed by atoms with Crippen LogP contribution in [-0.4, -0.2) is 26.1 Å². The molecular weight excluding hydrogens is 230 g/mol. The molecule has 4 heteroatoms. The molecule has 0 spiro atoms. The summed E-state index contributed by atoms with van der Waals surface area (Å²) in [6.45, 7) is 2.54. The van der Waals surface area contributed by atoms with Crippen molar-refractivity contribution in [2.24, 2.45) is 0 Å². The van der Waals surface area contributed by atoms with Gasteiger partial charge in [-0.3, -0.25) is 0 Å². The van der Waals surface area contributed by atoms with Crippen LogP contribution in [0.15, 0.2) is 27.4 Å². The molecule has 0 fully saturated rings. The van der Waals surface area contributed by atoms with Crippen LogP contribution in [0.5, 0.6) is 5.75 Å². The topological polar surface area (TPSA) is 42.7 Å². The molecule has 1 aromatic heterocycles. The number of benzene rings is 1. The third-order valence-corrected chi connectivity index (χ3v) is 2.83. The molecule has 0 saturated carbocycles. The van der Waals surface area contributed by atoms with E-state index in [0.29, 0.717) is 16.9 Å². The molecule has 1 aromatic carbocycles. The summed E-state index contributed by atoms with van der Waals surface area (Å²) in [6.07, 6.45) is 0. The van der Waals surface area contributed by atoms with Crippen molar-refractivity contribution in [3.63, 3.8) is 0 Å². The first kappa shape index (κ1) is 12.6. The van der Waals surface area contributed by atoms with Crippen LogP contribution in [-0.2, 0) is 6.54 Å². The number of ether oxygens (including phenoxy) is 1. The van der Waals surface area contributed by atoms with Crippen molar-refractivity contribution in [2.45, 2.75) is 13.5 Å². The molecule has 2 aromatic rings. The van der Waals surface area contributed by atoms with Crippen LogP contribution in [0.2, 0.25) is 0 Å². The van der Waals surface area contributed by atoms with Crippen molar-refractivity contribution in [1.29, 1.82) is 0 Å². The van der Waals surface area contributed by atoms with Crippen LogP contribution in [0, 0.1) is 6.92 Å². The van der Waals surface area contributed by atoms with Crippen LogP contribution in [0.3, 0.4) is 0 Å². The zero-order chi connectivity index (χ0) is 13.3. The SMILES string of the molecule is COc1ccc(CN(C)C)c2cc(C)c(=O)oc12. The van der Waals surface area contributed by atoms with E-state index in [0.717, 1.165) is 17.5 Å². The molecule has 0 atom stereocenters. The number of rotatable bonds is 3. The molecule has 0 aliphatic heterocycles. The van der Waals surface area contributed by atoms with Crippen molar-refractivity contribution in [1.82, 2.24) is 4.90 Å². The maximum atomic E-state index is 11.6. The number of aryl methyl sites for hydroxylation is 1. The van der Waals surface area contributed by atoms with E-state index in [-0.39, 0.29) is 5.63 Å². The van der Waals surface area contributed by atoms with E-state index in [1.807, 2.05) is 32.3 Å². The zero-order valence-corrected chi connectivity index (χ0v) is 11.1. The van der Waals surface area contributed by atoms with Crippen molar-refractivity contribution in [3.05, 3.63) is 39.7 Å². The van der Waals surface area contributed by atoms with Crippen molar-refractivity contribution < 1.29 is 9.15 Å². The number of fused-ring (bicyclic) bond motifs is 1. The number of hydrogen-bond acceptors (Lipinski definition) is 4. The quantitative estimate of drug-likeness (QED) is 0.780. The fraction of sp³-hybridized carbons (Fsp3) is 0.357. The molecule has 0 radical (unpaired) electrons. The highest BCUT2D eigenvalue weighted by Gasteiger charge is 2.11. The normalized spacial score (nSPS) is 11.2. The van der Waals surface area contributed by atoms with Crippen LogP contribution < -0.4 is 10.4 Å². The smallest absolute Gasteiger partial charge is 0.339 e. The fourth-order valence-corrected chi connectivity index (χ4v) is 1.97. The van der Waals surface area contributed by atoms with Gasteiger partial charge >= 0.3 is 5.63 Å². The highest BCUT2D eigenvalue weighted by atomic mass is 16.5. The van der Waals surface area contributed by atoms with E-state index in [4.69, 9.17) is 9.15 Å². The Morgan fingerprint density at radius 3 is 2.67 bits per heavy atom. The Balaban J connectivity index is 2.75. The van der Waals surface area contributed by atoms with Gasteiger partial charge in [-0.15, -0.1) is 0 Å². The molecule has 1 heterocycles. The Hall–Kier alpha value is -1.81. The first-order valence-corrected chi connectivity index (χ1v) is 5.78. The number of nitrogens with zero attached hydrogens (tertiary/aromatic N) is 1. The molecule has 18 heavy (non-hydrogen) atoms. The van der Waals surface area contributed by atoms with E-state index >= 15 is 0 Å². The highest BCUT2D eigenvalue weighted by molar-refractivity contribution is 5.86. The van der Waals surface area contributed by atoms with E-state index in [1.165, 1.54) is 0 Å². The molecule has 0 saturated heterocycles. The van der Waals surface area contributed by atoms with Gasteiger partial charge < -0.3 is 14.1 Å². The molecule has 0 amide bonds. The highest BCUT2D eigenvalue weighted by Crippen LogP contribution is 2.28. The Kier molecular flexibility index (Phi) is 3.39. The largest absolute Gasteiger partial charge is 0.493 e. The van der Waals surface area contributed by atoms with Gasteiger partial charge in [0.05, 0.1) is 7.11 Å². The minimum atomic E-state index is -0.317. The predicted molar refractivity (Wildman–Crippen MR) is 71.2 cm³/mol. The van der Waals surface area contributed by atoms with E-state index in [2.05, 4.69) is 4.90 Å². The lowest BCUT2D eigenvalue weighted by atomic mass is 10.1. The van der Waals surface area contributed by atoms with Gasteiger partial charge in [0, 0.05) is 17.5 Å². The molecule has 0 unspecified atom stereocenters. The standard InChI is InChI=1S/C14H17NO3/c1-9-7-11-10(8-15(2)3)5-6-12(17-4)13(11)18-14(9)16/h5-7H,8H2,1-4H3. The second kappa shape index (κ2) is 4.82. The van der Waals surface area contributed by atoms with Gasteiger partial charge in [0.15, 0.2) is 11.3 Å². The average Bonchev–Trinajstić information content (AvgIpc) is 2.31. The Morgan fingerprint density at radius 1 is 1.33 bits per heavy atom. The minimum absolute atomic E-state index is 0.317. The van der Waals surface area contributed by atoms with Crippen LogP contribution in [0.1, 0.15) is 11.1 Å². The number of hydrogen-bond donors (Lipinski definition) is 0. The van der Waals surface area contributed by atoms with Crippen molar-refractivity contribution in [3.8, 4) is 5.75 Å². The van der Waals surface area contributed by atoms with Gasteiger partial charge in [-0.05, 0) is 38.7 Å². The zero-order valence-electron chi connectivity index (χ0n) is 11.1. The van der Waals surface area contributed by atoms with Crippen LogP contribution in [0.25, 0.3) is 11.0 Å². The van der Waals surface area contributed by atoms with Crippen molar-refractivity contribution in [2.75, 3.05) is 21.2 Å². The first-order valence-electron chi connectivity index (χ1n) is 5.78. The molecule has 0 bridgehead atoms. The maximum Gasteiger partial charge on any atom is 0.339 e. The molecule has 2 rings (SSSR count). The Labute approximate surface area is 106 Å². The van der Waals surface area contributed by atoms with Gasteiger partial charge in [0.25, 0.3) is 0 Å². The van der Waals surface area contributed by atoms with E-state index in [9.17, 15) is 4.79 Å². The molecule has 0 aliphatic rings. The molecule has 4 nitrogen and oxygen atoms in total. The third kappa shape index (κ3) is 2.24. The van der Waals surface area contributed by atoms with Gasteiger partial charge in [0.2, 0.25) is 0 Å². The molecule has 0 N–H and O–H groups in total. The van der Waals surface area contributed by atoms with Gasteiger partial charge in [0.1, 0.15) is 0 Å². The van der Waals surface area contributed by atoms with Gasteiger partial charge in [-0.1, -0.05) is 6.07 Å². The van der Waals surface area contributed by atoms with Crippen LogP contribution >= 0.6 is 0 Å². The Morgan fingerprint density at radius 2 is 2.06 bits per heavy atom. The summed E-state index contributed by atoms with van der Waals surface area (Å²) in [7, 11) is 5.57. The van der Waals surface area contributed by atoms with E-state index < -0.39 is 0 Å². The lowest BCUT2D eigenvalue weighted by Gasteiger charge is -2.13. The number of methoxy groups -OCH3 is 1. The molecule has 0 aliphatic carbocycles. The predicted octanol–water partition coefficient (Wildman–Crippen LogP) is 2.17. The third-order valence-electron chi connectivity index (χ3n) is 2.83. The summed E-state index contributed by atoms with van der Waals surface area (Å²) in [6, 6.07) is 5.70. The second-order valence-electron chi connectivity index (χ2n) is 4.62. The second-order valence-corrected chi connectivity index (χ2v) is 4.62. The molecule has 96 valence electrons. The minimum Gasteiger partial charge on any atom is -0.493 e. The first-order chi connectivity index (χ1) is 8.52. The average molecular weight is 247 g/mol. The lowest BCUT2D eigenvalue weighted by molar-refractivity contribution is 0.398. The summed E-state index contributed by atoms with van der Waals surface area (Å²) in [5.74, 6) is 0.588. The van der Waals surface area contributed by atoms with Crippen molar-refractivity contribution >= 4 is 11.0 Å². The fourth-order valence-electron chi connectivity index (χ4n) is 1.97. The summed E-state index contributed by atoms with van der Waals surface area (Å²) in [5.41, 5.74) is 1.92. The summed E-state index contributed by atoms with van der Waals surface area (Å²) in [5, 5.41) is 0.931. The Bertz CT molecular complexity index is 629.